The minimum absolute atomic E-state index is 0.135. The fourth-order valence-corrected chi connectivity index (χ4v) is 4.81. The summed E-state index contributed by atoms with van der Waals surface area (Å²) >= 11 is 8.96. The first kappa shape index (κ1) is 17.9. The molecule has 1 aliphatic heterocycles. The molecule has 136 valence electrons. The summed E-state index contributed by atoms with van der Waals surface area (Å²) in [6.07, 6.45) is 0. The standard InChI is InChI=1S/C18H18ClN3O2S2/c19-16-6-5-13(26-16)11-21-7-9-22(10-8-21)17(23)12-25-18-20-14-3-1-2-4-15(14)24-18/h1-6H,7-12H2. The predicted molar refractivity (Wildman–Crippen MR) is 106 cm³/mol. The van der Waals surface area contributed by atoms with Crippen molar-refractivity contribution in [2.75, 3.05) is 31.9 Å². The Labute approximate surface area is 164 Å². The zero-order valence-corrected chi connectivity index (χ0v) is 16.4. The van der Waals surface area contributed by atoms with Crippen LogP contribution < -0.4 is 0 Å². The number of nitrogens with zero attached hydrogens (tertiary/aromatic N) is 3. The van der Waals surface area contributed by atoms with Crippen molar-refractivity contribution in [3.05, 3.63) is 45.6 Å². The molecule has 1 aromatic carbocycles. The van der Waals surface area contributed by atoms with Crippen LogP contribution in [0.3, 0.4) is 0 Å². The van der Waals surface area contributed by atoms with Gasteiger partial charge in [-0.3, -0.25) is 9.69 Å². The number of rotatable bonds is 5. The fourth-order valence-electron chi connectivity index (χ4n) is 2.94. The molecule has 3 aromatic rings. The Balaban J connectivity index is 1.25. The third-order valence-corrected chi connectivity index (χ3v) is 6.36. The molecule has 1 aliphatic rings. The van der Waals surface area contributed by atoms with E-state index in [9.17, 15) is 4.79 Å². The molecule has 2 aromatic heterocycles. The average Bonchev–Trinajstić information content (AvgIpc) is 3.25. The van der Waals surface area contributed by atoms with Crippen molar-refractivity contribution in [2.45, 2.75) is 11.8 Å². The highest BCUT2D eigenvalue weighted by Gasteiger charge is 2.22. The molecule has 0 radical (unpaired) electrons. The van der Waals surface area contributed by atoms with Gasteiger partial charge in [-0.15, -0.1) is 11.3 Å². The number of fused-ring (bicyclic) bond motifs is 1. The summed E-state index contributed by atoms with van der Waals surface area (Å²) in [7, 11) is 0. The van der Waals surface area contributed by atoms with Crippen LogP contribution in [0.15, 0.2) is 46.0 Å². The molecule has 0 spiro atoms. The van der Waals surface area contributed by atoms with Gasteiger partial charge in [-0.05, 0) is 24.3 Å². The van der Waals surface area contributed by atoms with Crippen LogP contribution in [0.5, 0.6) is 0 Å². The Morgan fingerprint density at radius 3 is 2.73 bits per heavy atom. The number of hydrogen-bond donors (Lipinski definition) is 0. The summed E-state index contributed by atoms with van der Waals surface area (Å²) in [5.41, 5.74) is 1.58. The highest BCUT2D eigenvalue weighted by Crippen LogP contribution is 2.24. The molecule has 0 saturated carbocycles. The lowest BCUT2D eigenvalue weighted by Crippen LogP contribution is -2.48. The van der Waals surface area contributed by atoms with E-state index in [0.717, 1.165) is 48.2 Å². The van der Waals surface area contributed by atoms with E-state index >= 15 is 0 Å². The quantitative estimate of drug-likeness (QED) is 0.599. The average molecular weight is 408 g/mol. The van der Waals surface area contributed by atoms with Crippen molar-refractivity contribution < 1.29 is 9.21 Å². The second-order valence-corrected chi connectivity index (χ2v) is 8.83. The minimum Gasteiger partial charge on any atom is -0.431 e. The molecule has 0 unspecified atom stereocenters. The van der Waals surface area contributed by atoms with Crippen molar-refractivity contribution in [3.8, 4) is 0 Å². The normalized spacial score (nSPS) is 15.7. The predicted octanol–water partition coefficient (Wildman–Crippen LogP) is 3.98. The first-order valence-electron chi connectivity index (χ1n) is 8.40. The molecule has 26 heavy (non-hydrogen) atoms. The van der Waals surface area contributed by atoms with Gasteiger partial charge in [-0.2, -0.15) is 0 Å². The topological polar surface area (TPSA) is 49.6 Å². The summed E-state index contributed by atoms with van der Waals surface area (Å²) in [4.78, 5) is 22.4. The number of para-hydroxylation sites is 2. The van der Waals surface area contributed by atoms with Gasteiger partial charge in [0.05, 0.1) is 10.1 Å². The number of oxazole rings is 1. The maximum Gasteiger partial charge on any atom is 0.257 e. The van der Waals surface area contributed by atoms with Crippen LogP contribution in [0.1, 0.15) is 4.88 Å². The fraction of sp³-hybridized carbons (Fsp3) is 0.333. The number of aromatic nitrogens is 1. The molecule has 8 heteroatoms. The largest absolute Gasteiger partial charge is 0.431 e. The van der Waals surface area contributed by atoms with Crippen molar-refractivity contribution in [2.24, 2.45) is 0 Å². The number of hydrogen-bond acceptors (Lipinski definition) is 6. The second-order valence-electron chi connectivity index (χ2n) is 6.10. The molecule has 1 fully saturated rings. The second kappa shape index (κ2) is 8.00. The molecule has 0 N–H and O–H groups in total. The molecule has 3 heterocycles. The van der Waals surface area contributed by atoms with Crippen LogP contribution in [0.2, 0.25) is 4.34 Å². The lowest BCUT2D eigenvalue weighted by atomic mass is 10.3. The molecule has 4 rings (SSSR count). The zero-order valence-electron chi connectivity index (χ0n) is 14.1. The summed E-state index contributed by atoms with van der Waals surface area (Å²) < 4.78 is 6.48. The summed E-state index contributed by atoms with van der Waals surface area (Å²) in [6, 6.07) is 11.6. The molecule has 1 saturated heterocycles. The lowest BCUT2D eigenvalue weighted by Gasteiger charge is -2.34. The van der Waals surface area contributed by atoms with Crippen molar-refractivity contribution in [3.63, 3.8) is 0 Å². The van der Waals surface area contributed by atoms with E-state index in [1.54, 1.807) is 11.3 Å². The molecular formula is C18H18ClN3O2S2. The molecule has 5 nitrogen and oxygen atoms in total. The maximum absolute atomic E-state index is 12.5. The third kappa shape index (κ3) is 4.23. The molecule has 0 aliphatic carbocycles. The highest BCUT2D eigenvalue weighted by molar-refractivity contribution is 7.99. The van der Waals surface area contributed by atoms with E-state index in [2.05, 4.69) is 16.0 Å². The van der Waals surface area contributed by atoms with Crippen LogP contribution in [-0.2, 0) is 11.3 Å². The maximum atomic E-state index is 12.5. The molecule has 0 bridgehead atoms. The summed E-state index contributed by atoms with van der Waals surface area (Å²) in [6.45, 7) is 4.18. The van der Waals surface area contributed by atoms with E-state index in [4.69, 9.17) is 16.0 Å². The SMILES string of the molecule is O=C(CSc1nc2ccccc2o1)N1CCN(Cc2ccc(Cl)s2)CC1. The van der Waals surface area contributed by atoms with Gasteiger partial charge in [0.15, 0.2) is 5.58 Å². The number of halogens is 1. The monoisotopic (exact) mass is 407 g/mol. The molecular weight excluding hydrogens is 390 g/mol. The van der Waals surface area contributed by atoms with E-state index < -0.39 is 0 Å². The Morgan fingerprint density at radius 1 is 1.19 bits per heavy atom. The van der Waals surface area contributed by atoms with Crippen LogP contribution in [-0.4, -0.2) is 52.6 Å². The Morgan fingerprint density at radius 2 is 2.00 bits per heavy atom. The number of piperazine rings is 1. The van der Waals surface area contributed by atoms with Crippen LogP contribution in [0.25, 0.3) is 11.1 Å². The van der Waals surface area contributed by atoms with Crippen molar-refractivity contribution >= 4 is 51.7 Å². The number of thioether (sulfide) groups is 1. The number of thiophene rings is 1. The molecule has 1 amide bonds. The number of carbonyl (C=O) groups excluding carboxylic acids is 1. The van der Waals surface area contributed by atoms with E-state index in [1.165, 1.54) is 16.6 Å². The Hall–Kier alpha value is -1.54. The van der Waals surface area contributed by atoms with Gasteiger partial charge in [-0.25, -0.2) is 4.98 Å². The van der Waals surface area contributed by atoms with E-state index in [1.807, 2.05) is 35.2 Å². The molecule has 0 atom stereocenters. The van der Waals surface area contributed by atoms with Crippen LogP contribution in [0, 0.1) is 0 Å². The Bertz CT molecular complexity index is 870. The number of benzene rings is 1. The van der Waals surface area contributed by atoms with E-state index in [-0.39, 0.29) is 5.91 Å². The van der Waals surface area contributed by atoms with Crippen LogP contribution >= 0.6 is 34.7 Å². The van der Waals surface area contributed by atoms with E-state index in [0.29, 0.717) is 11.0 Å². The van der Waals surface area contributed by atoms with Gasteiger partial charge >= 0.3 is 0 Å². The zero-order chi connectivity index (χ0) is 17.9. The number of amides is 1. The van der Waals surface area contributed by atoms with Gasteiger partial charge < -0.3 is 9.32 Å². The highest BCUT2D eigenvalue weighted by atomic mass is 35.5. The van der Waals surface area contributed by atoms with Crippen molar-refractivity contribution in [1.82, 2.24) is 14.8 Å². The van der Waals surface area contributed by atoms with Gasteiger partial charge in [-0.1, -0.05) is 35.5 Å². The minimum atomic E-state index is 0.135. The smallest absolute Gasteiger partial charge is 0.257 e. The first-order valence-corrected chi connectivity index (χ1v) is 10.6. The Kier molecular flexibility index (Phi) is 5.49. The van der Waals surface area contributed by atoms with Crippen LogP contribution in [0.4, 0.5) is 0 Å². The third-order valence-electron chi connectivity index (χ3n) is 4.33. The summed E-state index contributed by atoms with van der Waals surface area (Å²) in [5.74, 6) is 0.490. The summed E-state index contributed by atoms with van der Waals surface area (Å²) in [5, 5.41) is 0.549. The first-order chi connectivity index (χ1) is 12.7. The van der Waals surface area contributed by atoms with Gasteiger partial charge in [0.25, 0.3) is 5.22 Å². The van der Waals surface area contributed by atoms with Gasteiger partial charge in [0.1, 0.15) is 5.52 Å². The van der Waals surface area contributed by atoms with Gasteiger partial charge in [0, 0.05) is 37.6 Å². The number of carbonyl (C=O) groups is 1. The lowest BCUT2D eigenvalue weighted by molar-refractivity contribution is -0.130. The van der Waals surface area contributed by atoms with Gasteiger partial charge in [0.2, 0.25) is 5.91 Å². The van der Waals surface area contributed by atoms with Crippen molar-refractivity contribution in [1.29, 1.82) is 0 Å².